The Morgan fingerprint density at radius 2 is 1.59 bits per heavy atom. The van der Waals surface area contributed by atoms with Crippen LogP contribution in [0.2, 0.25) is 0 Å². The number of urea groups is 1. The number of anilines is 2. The number of aromatic nitrogens is 1. The average molecular weight is 631 g/mol. The minimum absolute atomic E-state index is 0. The third-order valence-electron chi connectivity index (χ3n) is 6.48. The number of hydrogen-bond donors (Lipinski definition) is 3. The number of aryl methyl sites for hydroxylation is 2. The van der Waals surface area contributed by atoms with Crippen molar-refractivity contribution in [1.82, 2.24) is 10.3 Å². The number of nitrogens with zero attached hydrogens (tertiary/aromatic N) is 1. The van der Waals surface area contributed by atoms with Gasteiger partial charge in [0.05, 0.1) is 48.7 Å². The molecule has 230 valence electrons. The second-order valence-corrected chi connectivity index (χ2v) is 11.2. The van der Waals surface area contributed by atoms with Crippen molar-refractivity contribution in [1.29, 1.82) is 0 Å². The smallest absolute Gasteiger partial charge is 0.548 e. The fourth-order valence-electron chi connectivity index (χ4n) is 4.68. The van der Waals surface area contributed by atoms with Gasteiger partial charge in [0.25, 0.3) is 5.91 Å². The third-order valence-corrected chi connectivity index (χ3v) is 6.48. The zero-order chi connectivity index (χ0) is 31.9. The minimum atomic E-state index is -1.50. The van der Waals surface area contributed by atoms with Crippen LogP contribution in [0.25, 0.3) is 11.1 Å². The average Bonchev–Trinajstić information content (AvgIpc) is 2.92. The molecule has 0 saturated carbocycles. The maximum absolute atomic E-state index is 13.5. The molecule has 12 heteroatoms. The Hall–Kier alpha value is -2.84. The van der Waals surface area contributed by atoms with E-state index in [4.69, 9.17) is 14.2 Å². The number of hydrogen-bond acceptors (Lipinski definition) is 8. The number of carbonyl (C=O) groups is 3. The number of rotatable bonds is 11. The number of amides is 3. The normalized spacial score (nSPS) is 12.4. The molecule has 0 aliphatic heterocycles. The number of aliphatic carboxylic acids is 1. The number of carboxylic acids is 1. The van der Waals surface area contributed by atoms with Crippen molar-refractivity contribution in [2.24, 2.45) is 0 Å². The van der Waals surface area contributed by atoms with E-state index in [1.54, 1.807) is 65.3 Å². The first-order chi connectivity index (χ1) is 20.2. The van der Waals surface area contributed by atoms with Gasteiger partial charge in [-0.25, -0.2) is 9.78 Å². The molecule has 0 aliphatic carbocycles. The molecule has 0 unspecified atom stereocenters. The number of nitrogens with one attached hydrogen (secondary N) is 3. The molecule has 0 fully saturated rings. The van der Waals surface area contributed by atoms with Gasteiger partial charge < -0.3 is 40.1 Å². The number of pyridine rings is 1. The molecule has 1 heterocycles. The summed E-state index contributed by atoms with van der Waals surface area (Å²) in [4.78, 5) is 42.9. The van der Waals surface area contributed by atoms with Crippen LogP contribution in [-0.4, -0.2) is 54.9 Å². The summed E-state index contributed by atoms with van der Waals surface area (Å²) < 4.78 is 16.1. The van der Waals surface area contributed by atoms with Crippen LogP contribution < -0.4 is 77.2 Å². The molecule has 3 rings (SSSR count). The van der Waals surface area contributed by atoms with Gasteiger partial charge >= 0.3 is 57.4 Å². The summed E-state index contributed by atoms with van der Waals surface area (Å²) >= 11 is 0. The van der Waals surface area contributed by atoms with Crippen molar-refractivity contribution >= 4 is 29.3 Å². The fraction of sp³-hybridized carbons (Fsp3) is 0.375. The number of carboxylic acid groups (broad SMARTS) is 1. The van der Waals surface area contributed by atoms with Crippen LogP contribution >= 0.6 is 0 Å². The van der Waals surface area contributed by atoms with Crippen LogP contribution in [0.15, 0.2) is 48.7 Å². The number of methoxy groups -OCH3 is 2. The van der Waals surface area contributed by atoms with E-state index in [2.05, 4.69) is 20.9 Å². The molecule has 3 aromatic rings. The number of carbonyl (C=O) groups excluding carboxylic acids is 3. The molecule has 0 aliphatic rings. The Balaban J connectivity index is 0.00000675. The van der Waals surface area contributed by atoms with Crippen LogP contribution in [0, 0.1) is 13.8 Å². The minimum Gasteiger partial charge on any atom is -0.548 e. The van der Waals surface area contributed by atoms with E-state index in [0.717, 1.165) is 16.7 Å². The van der Waals surface area contributed by atoms with E-state index in [1.165, 1.54) is 13.2 Å². The van der Waals surface area contributed by atoms with Gasteiger partial charge in [-0.05, 0) is 82.0 Å². The van der Waals surface area contributed by atoms with Crippen molar-refractivity contribution < 1.29 is 85.1 Å². The first-order valence-corrected chi connectivity index (χ1v) is 13.7. The molecule has 0 spiro atoms. The van der Waals surface area contributed by atoms with E-state index in [9.17, 15) is 19.5 Å². The summed E-state index contributed by atoms with van der Waals surface area (Å²) in [5, 5.41) is 20.1. The van der Waals surface area contributed by atoms with Crippen molar-refractivity contribution in [2.75, 3.05) is 24.9 Å². The van der Waals surface area contributed by atoms with E-state index in [-0.39, 0.29) is 62.6 Å². The Labute approximate surface area is 300 Å². The zero-order valence-corrected chi connectivity index (χ0v) is 29.9. The van der Waals surface area contributed by atoms with Gasteiger partial charge in [0.2, 0.25) is 5.88 Å². The summed E-state index contributed by atoms with van der Waals surface area (Å²) in [6, 6.07) is 10.1. The first kappa shape index (κ1) is 37.3. The molecule has 3 N–H and O–H groups in total. The molecular formula is C32H39KN4O7. The summed E-state index contributed by atoms with van der Waals surface area (Å²) in [6.45, 7) is 11.1. The monoisotopic (exact) mass is 630 g/mol. The Morgan fingerprint density at radius 3 is 2.11 bits per heavy atom. The Bertz CT molecular complexity index is 1450. The molecule has 2 aromatic carbocycles. The second kappa shape index (κ2) is 16.5. The zero-order valence-electron chi connectivity index (χ0n) is 26.8. The molecule has 3 amide bonds. The van der Waals surface area contributed by atoms with E-state index in [1.807, 2.05) is 26.0 Å². The van der Waals surface area contributed by atoms with Crippen molar-refractivity contribution in [2.45, 2.75) is 65.9 Å². The van der Waals surface area contributed by atoms with Crippen LogP contribution in [0.1, 0.15) is 54.7 Å². The van der Waals surface area contributed by atoms with Crippen LogP contribution in [-0.2, 0) is 20.9 Å². The number of benzene rings is 2. The molecule has 2 atom stereocenters. The van der Waals surface area contributed by atoms with Gasteiger partial charge in [0, 0.05) is 30.6 Å². The quantitative estimate of drug-likeness (QED) is 0.268. The van der Waals surface area contributed by atoms with E-state index < -0.39 is 35.7 Å². The van der Waals surface area contributed by atoms with Gasteiger partial charge in [0.15, 0.2) is 0 Å². The van der Waals surface area contributed by atoms with E-state index in [0.29, 0.717) is 29.3 Å². The van der Waals surface area contributed by atoms with Crippen molar-refractivity contribution in [3.63, 3.8) is 0 Å². The summed E-state index contributed by atoms with van der Waals surface area (Å²) in [7, 11) is 3.12. The van der Waals surface area contributed by atoms with Crippen LogP contribution in [0.4, 0.5) is 16.2 Å². The molecule has 0 radical (unpaired) electrons. The summed E-state index contributed by atoms with van der Waals surface area (Å²) in [5.74, 6) is -1.80. The predicted molar refractivity (Wildman–Crippen MR) is 162 cm³/mol. The first-order valence-electron chi connectivity index (χ1n) is 13.7. The van der Waals surface area contributed by atoms with Crippen molar-refractivity contribution in [3.8, 4) is 17.0 Å². The number of ether oxygens (including phenoxy) is 3. The van der Waals surface area contributed by atoms with Gasteiger partial charge in [-0.2, -0.15) is 0 Å². The maximum Gasteiger partial charge on any atom is 1.00 e. The predicted octanol–water partition coefficient (Wildman–Crippen LogP) is 1.22. The third kappa shape index (κ3) is 10.4. The molecule has 44 heavy (non-hydrogen) atoms. The summed E-state index contributed by atoms with van der Waals surface area (Å²) in [6.07, 6.45) is 0.703. The Morgan fingerprint density at radius 1 is 0.955 bits per heavy atom. The van der Waals surface area contributed by atoms with Crippen LogP contribution in [0.5, 0.6) is 5.88 Å². The maximum atomic E-state index is 13.5. The molecule has 1 aromatic heterocycles. The van der Waals surface area contributed by atoms with Crippen LogP contribution in [0.3, 0.4) is 0 Å². The van der Waals surface area contributed by atoms with Gasteiger partial charge in [-0.15, -0.1) is 0 Å². The molecule has 11 nitrogen and oxygen atoms in total. The van der Waals surface area contributed by atoms with Gasteiger partial charge in [0.1, 0.15) is 0 Å². The second-order valence-electron chi connectivity index (χ2n) is 11.2. The topological polar surface area (TPSA) is 151 Å². The molecule has 0 bridgehead atoms. The largest absolute Gasteiger partial charge is 1.00 e. The van der Waals surface area contributed by atoms with Gasteiger partial charge in [-0.3, -0.25) is 4.79 Å². The van der Waals surface area contributed by atoms with Crippen molar-refractivity contribution in [3.05, 3.63) is 70.9 Å². The SMILES string of the molecule is COCc1cc(C)c(NC(=O)Nc2cc(-c3ccc(OC)nc3)ccc2C(=O)N[C@H](C(=O)[O-])[C@@H](C)OC(C)(C)C)c(C)c1.[K+]. The molecular weight excluding hydrogens is 591 g/mol. The standard InChI is InChI=1S/C32H40N4O7.K/c1-18-13-21(17-41-7)14-19(2)27(18)36-31(40)34-25-15-22(23-10-12-26(42-8)33-16-23)9-11-24(25)29(37)35-28(30(38)39)20(3)43-32(4,5)6;/h9-16,20,28H,17H2,1-8H3,(H,35,37)(H,38,39)(H2,34,36,40);/q;+1/p-1/t20-,28+;/m1./s1. The summed E-state index contributed by atoms with van der Waals surface area (Å²) in [5.41, 5.74) is 4.14. The fourth-order valence-corrected chi connectivity index (χ4v) is 4.68. The Kier molecular flexibility index (Phi) is 14.0. The molecule has 0 saturated heterocycles. The van der Waals surface area contributed by atoms with Gasteiger partial charge in [-0.1, -0.05) is 18.2 Å². The van der Waals surface area contributed by atoms with E-state index >= 15 is 0 Å².